The second kappa shape index (κ2) is 7.48. The van der Waals surface area contributed by atoms with Crippen LogP contribution in [0, 0.1) is 0 Å². The average molecular weight is 401 g/mol. The maximum atomic E-state index is 12.5. The number of benzene rings is 3. The molecule has 30 heavy (non-hydrogen) atoms. The lowest BCUT2D eigenvalue weighted by molar-refractivity contribution is -0.116. The molecule has 0 bridgehead atoms. The van der Waals surface area contributed by atoms with E-state index in [1.54, 1.807) is 12.1 Å². The molecule has 3 aromatic carbocycles. The van der Waals surface area contributed by atoms with Crippen molar-refractivity contribution >= 4 is 28.2 Å². The van der Waals surface area contributed by atoms with Crippen LogP contribution in [0.4, 0.5) is 5.69 Å². The standard InChI is InChI=1S/C25H23NO4/c27-21(19-8-7-17-5-1-2-6-18(17)15-19)10-12-24(28)26-20-9-11-22-23(16-20)30-25(29-22)13-3-4-14-25/h1-2,5-9,11,15-16H,3-4,10,12-14H2,(H,26,28). The quantitative estimate of drug-likeness (QED) is 0.575. The summed E-state index contributed by atoms with van der Waals surface area (Å²) in [4.78, 5) is 24.9. The summed E-state index contributed by atoms with van der Waals surface area (Å²) in [5.74, 6) is 0.642. The Morgan fingerprint density at radius 2 is 1.60 bits per heavy atom. The Balaban J connectivity index is 1.19. The molecular weight excluding hydrogens is 378 g/mol. The molecule has 5 rings (SSSR count). The average Bonchev–Trinajstić information content (AvgIpc) is 3.37. The van der Waals surface area contributed by atoms with Crippen LogP contribution in [0.2, 0.25) is 0 Å². The van der Waals surface area contributed by atoms with E-state index in [4.69, 9.17) is 9.47 Å². The van der Waals surface area contributed by atoms with Gasteiger partial charge in [0, 0.05) is 43.0 Å². The maximum Gasteiger partial charge on any atom is 0.251 e. The number of anilines is 1. The van der Waals surface area contributed by atoms with Gasteiger partial charge in [0.15, 0.2) is 17.3 Å². The maximum absolute atomic E-state index is 12.5. The minimum absolute atomic E-state index is 0.0373. The van der Waals surface area contributed by atoms with Gasteiger partial charge in [-0.05, 0) is 41.8 Å². The van der Waals surface area contributed by atoms with Gasteiger partial charge in [-0.1, -0.05) is 36.4 Å². The number of nitrogens with one attached hydrogen (secondary N) is 1. The Morgan fingerprint density at radius 3 is 2.43 bits per heavy atom. The van der Waals surface area contributed by atoms with Crippen LogP contribution in [-0.2, 0) is 4.79 Å². The normalized spacial score (nSPS) is 16.1. The van der Waals surface area contributed by atoms with Gasteiger partial charge in [-0.25, -0.2) is 0 Å². The van der Waals surface area contributed by atoms with Crippen molar-refractivity contribution in [2.45, 2.75) is 44.3 Å². The molecule has 3 aromatic rings. The monoisotopic (exact) mass is 401 g/mol. The first-order chi connectivity index (χ1) is 14.6. The van der Waals surface area contributed by atoms with Crippen LogP contribution < -0.4 is 14.8 Å². The van der Waals surface area contributed by atoms with Gasteiger partial charge < -0.3 is 14.8 Å². The SMILES string of the molecule is O=C(CCC(=O)c1ccc2ccccc2c1)Nc1ccc2c(c1)OC1(CCCC1)O2. The fourth-order valence-electron chi connectivity index (χ4n) is 4.25. The second-order valence-electron chi connectivity index (χ2n) is 8.02. The van der Waals surface area contributed by atoms with Crippen molar-refractivity contribution in [3.05, 3.63) is 66.2 Å². The number of hydrogen-bond donors (Lipinski definition) is 1. The van der Waals surface area contributed by atoms with Crippen molar-refractivity contribution in [1.29, 1.82) is 0 Å². The Labute approximate surface area is 175 Å². The van der Waals surface area contributed by atoms with Gasteiger partial charge >= 0.3 is 0 Å². The Morgan fingerprint density at radius 1 is 0.833 bits per heavy atom. The first-order valence-electron chi connectivity index (χ1n) is 10.4. The molecule has 1 amide bonds. The third-order valence-corrected chi connectivity index (χ3v) is 5.84. The molecule has 0 atom stereocenters. The number of carbonyl (C=O) groups is 2. The van der Waals surface area contributed by atoms with Crippen molar-refractivity contribution in [2.75, 3.05) is 5.32 Å². The van der Waals surface area contributed by atoms with Crippen LogP contribution >= 0.6 is 0 Å². The lowest BCUT2D eigenvalue weighted by Crippen LogP contribution is -2.34. The molecule has 1 heterocycles. The zero-order valence-corrected chi connectivity index (χ0v) is 16.6. The summed E-state index contributed by atoms with van der Waals surface area (Å²) in [7, 11) is 0. The summed E-state index contributed by atoms with van der Waals surface area (Å²) in [6, 6.07) is 19.0. The summed E-state index contributed by atoms with van der Waals surface area (Å²) in [6.45, 7) is 0. The minimum atomic E-state index is -0.517. The van der Waals surface area contributed by atoms with E-state index in [-0.39, 0.29) is 24.5 Å². The van der Waals surface area contributed by atoms with E-state index >= 15 is 0 Å². The van der Waals surface area contributed by atoms with Crippen LogP contribution in [0.3, 0.4) is 0 Å². The largest absolute Gasteiger partial charge is 0.448 e. The molecule has 0 saturated heterocycles. The van der Waals surface area contributed by atoms with E-state index in [2.05, 4.69) is 5.32 Å². The molecule has 2 aliphatic rings. The number of Topliss-reactive ketones (excluding diaryl/α,β-unsaturated/α-hetero) is 1. The summed E-state index contributed by atoms with van der Waals surface area (Å²) in [6.07, 6.45) is 4.27. The summed E-state index contributed by atoms with van der Waals surface area (Å²) in [5, 5.41) is 4.97. The van der Waals surface area contributed by atoms with Crippen LogP contribution in [0.5, 0.6) is 11.5 Å². The Kier molecular flexibility index (Phi) is 4.66. The van der Waals surface area contributed by atoms with E-state index in [1.807, 2.05) is 48.5 Å². The fraction of sp³-hybridized carbons (Fsp3) is 0.280. The van der Waals surface area contributed by atoms with E-state index < -0.39 is 5.79 Å². The topological polar surface area (TPSA) is 64.6 Å². The van der Waals surface area contributed by atoms with E-state index in [0.29, 0.717) is 17.0 Å². The molecule has 0 aromatic heterocycles. The number of fused-ring (bicyclic) bond motifs is 2. The van der Waals surface area contributed by atoms with Gasteiger partial charge in [0.1, 0.15) is 0 Å². The van der Waals surface area contributed by atoms with Crippen molar-refractivity contribution in [2.24, 2.45) is 0 Å². The first kappa shape index (κ1) is 18.7. The van der Waals surface area contributed by atoms with Crippen LogP contribution in [0.15, 0.2) is 60.7 Å². The van der Waals surface area contributed by atoms with Crippen molar-refractivity contribution in [1.82, 2.24) is 0 Å². The lowest BCUT2D eigenvalue weighted by Gasteiger charge is -2.21. The highest BCUT2D eigenvalue weighted by molar-refractivity contribution is 6.02. The lowest BCUT2D eigenvalue weighted by atomic mass is 10.0. The number of carbonyl (C=O) groups excluding carboxylic acids is 2. The molecule has 1 spiro atoms. The molecule has 1 saturated carbocycles. The molecule has 152 valence electrons. The highest BCUT2D eigenvalue weighted by atomic mass is 16.7. The summed E-state index contributed by atoms with van der Waals surface area (Å²) in [5.41, 5.74) is 1.28. The summed E-state index contributed by atoms with van der Waals surface area (Å²) < 4.78 is 12.0. The number of ketones is 1. The molecule has 0 radical (unpaired) electrons. The number of hydrogen-bond acceptors (Lipinski definition) is 4. The molecule has 1 N–H and O–H groups in total. The molecule has 5 heteroatoms. The highest BCUT2D eigenvalue weighted by Crippen LogP contribution is 2.47. The zero-order chi connectivity index (χ0) is 20.6. The molecule has 5 nitrogen and oxygen atoms in total. The van der Waals surface area contributed by atoms with E-state index in [1.165, 1.54) is 0 Å². The van der Waals surface area contributed by atoms with Gasteiger partial charge in [-0.2, -0.15) is 0 Å². The Bertz CT molecular complexity index is 1130. The molecule has 0 unspecified atom stereocenters. The van der Waals surface area contributed by atoms with Gasteiger partial charge in [0.05, 0.1) is 0 Å². The van der Waals surface area contributed by atoms with E-state index in [0.717, 1.165) is 42.2 Å². The molecule has 1 aliphatic carbocycles. The zero-order valence-electron chi connectivity index (χ0n) is 16.6. The van der Waals surface area contributed by atoms with Crippen molar-refractivity contribution in [3.8, 4) is 11.5 Å². The van der Waals surface area contributed by atoms with Gasteiger partial charge in [0.25, 0.3) is 5.79 Å². The van der Waals surface area contributed by atoms with Crippen LogP contribution in [-0.4, -0.2) is 17.5 Å². The minimum Gasteiger partial charge on any atom is -0.448 e. The third kappa shape index (κ3) is 3.63. The van der Waals surface area contributed by atoms with Gasteiger partial charge in [-0.15, -0.1) is 0 Å². The molecule has 1 fully saturated rings. The van der Waals surface area contributed by atoms with Gasteiger partial charge in [0.2, 0.25) is 5.91 Å². The Hall–Kier alpha value is -3.34. The van der Waals surface area contributed by atoms with Crippen molar-refractivity contribution in [3.63, 3.8) is 0 Å². The number of rotatable bonds is 5. The predicted molar refractivity (Wildman–Crippen MR) is 115 cm³/mol. The van der Waals surface area contributed by atoms with Crippen LogP contribution in [0.25, 0.3) is 10.8 Å². The third-order valence-electron chi connectivity index (χ3n) is 5.84. The van der Waals surface area contributed by atoms with E-state index in [9.17, 15) is 9.59 Å². The van der Waals surface area contributed by atoms with Crippen molar-refractivity contribution < 1.29 is 19.1 Å². The van der Waals surface area contributed by atoms with Gasteiger partial charge in [-0.3, -0.25) is 9.59 Å². The second-order valence-corrected chi connectivity index (χ2v) is 8.02. The summed E-state index contributed by atoms with van der Waals surface area (Å²) >= 11 is 0. The number of ether oxygens (including phenoxy) is 2. The van der Waals surface area contributed by atoms with Crippen LogP contribution in [0.1, 0.15) is 48.9 Å². The predicted octanol–water partition coefficient (Wildman–Crippen LogP) is 5.48. The highest BCUT2D eigenvalue weighted by Gasteiger charge is 2.44. The number of amides is 1. The smallest absolute Gasteiger partial charge is 0.251 e. The molecular formula is C25H23NO4. The first-order valence-corrected chi connectivity index (χ1v) is 10.4. The molecule has 1 aliphatic heterocycles. The fourth-order valence-corrected chi connectivity index (χ4v) is 4.25.